The number of imidazole rings is 1. The highest BCUT2D eigenvalue weighted by Gasteiger charge is 2.09. The maximum Gasteiger partial charge on any atom is 0.227 e. The minimum Gasteiger partial charge on any atom is -0.373 e. The molecule has 0 radical (unpaired) electrons. The molecule has 21 heavy (non-hydrogen) atoms. The first-order chi connectivity index (χ1) is 10.2. The molecule has 0 saturated heterocycles. The van der Waals surface area contributed by atoms with Crippen LogP contribution < -0.4 is 10.2 Å². The molecule has 0 bridgehead atoms. The molecule has 2 N–H and O–H groups in total. The summed E-state index contributed by atoms with van der Waals surface area (Å²) in [5.41, 5.74) is 1.42. The van der Waals surface area contributed by atoms with Gasteiger partial charge in [-0.1, -0.05) is 0 Å². The second-order valence-electron chi connectivity index (χ2n) is 4.69. The van der Waals surface area contributed by atoms with E-state index in [1.165, 1.54) is 12.1 Å². The third-order valence-electron chi connectivity index (χ3n) is 3.12. The number of anilines is 2. The van der Waals surface area contributed by atoms with Crippen LogP contribution in [0.15, 0.2) is 30.5 Å². The van der Waals surface area contributed by atoms with Crippen LogP contribution in [-0.2, 0) is 6.54 Å². The molecular formula is C14H15FN6. The van der Waals surface area contributed by atoms with Crippen molar-refractivity contribution in [1.29, 1.82) is 0 Å². The lowest BCUT2D eigenvalue weighted by molar-refractivity contribution is 0.629. The molecule has 2 heterocycles. The van der Waals surface area contributed by atoms with Crippen LogP contribution in [-0.4, -0.2) is 34.0 Å². The molecule has 0 saturated carbocycles. The van der Waals surface area contributed by atoms with Crippen molar-refractivity contribution in [3.63, 3.8) is 0 Å². The minimum absolute atomic E-state index is 0.281. The van der Waals surface area contributed by atoms with Gasteiger partial charge in [0.2, 0.25) is 5.95 Å². The third-order valence-corrected chi connectivity index (χ3v) is 3.12. The number of H-pyrrole nitrogens is 1. The smallest absolute Gasteiger partial charge is 0.227 e. The zero-order valence-corrected chi connectivity index (χ0v) is 11.8. The fourth-order valence-corrected chi connectivity index (χ4v) is 2.08. The van der Waals surface area contributed by atoms with Gasteiger partial charge in [-0.3, -0.25) is 0 Å². The summed E-state index contributed by atoms with van der Waals surface area (Å²) in [6, 6.07) is 6.28. The molecule has 0 fully saturated rings. The second kappa shape index (κ2) is 5.35. The Labute approximate surface area is 121 Å². The summed E-state index contributed by atoms with van der Waals surface area (Å²) in [6.07, 6.45) is 1.69. The van der Waals surface area contributed by atoms with Gasteiger partial charge in [0.25, 0.3) is 0 Å². The average Bonchev–Trinajstić information content (AvgIpc) is 2.88. The first kappa shape index (κ1) is 13.3. The second-order valence-corrected chi connectivity index (χ2v) is 4.69. The summed E-state index contributed by atoms with van der Waals surface area (Å²) in [7, 11) is 3.68. The van der Waals surface area contributed by atoms with Crippen LogP contribution in [0.3, 0.4) is 0 Å². The lowest BCUT2D eigenvalue weighted by atomic mass is 10.3. The monoisotopic (exact) mass is 286 g/mol. The van der Waals surface area contributed by atoms with E-state index in [0.717, 1.165) is 17.2 Å². The molecule has 3 rings (SSSR count). The molecule has 0 aliphatic heterocycles. The highest BCUT2D eigenvalue weighted by atomic mass is 19.1. The van der Waals surface area contributed by atoms with E-state index in [4.69, 9.17) is 0 Å². The van der Waals surface area contributed by atoms with Crippen molar-refractivity contribution in [2.75, 3.05) is 24.3 Å². The van der Waals surface area contributed by atoms with Crippen LogP contribution in [0.4, 0.5) is 16.2 Å². The number of hydrogen-bond donors (Lipinski definition) is 2. The number of rotatable bonds is 4. The van der Waals surface area contributed by atoms with Gasteiger partial charge in [0.05, 0.1) is 17.6 Å². The number of hydrogen-bond acceptors (Lipinski definition) is 5. The summed E-state index contributed by atoms with van der Waals surface area (Å²) in [5, 5.41) is 2.97. The van der Waals surface area contributed by atoms with Crippen LogP contribution in [0.5, 0.6) is 0 Å². The molecule has 7 heteroatoms. The number of aromatic amines is 1. The van der Waals surface area contributed by atoms with Crippen LogP contribution in [0.1, 0.15) is 5.82 Å². The Bertz CT molecular complexity index is 769. The van der Waals surface area contributed by atoms with Gasteiger partial charge in [-0.05, 0) is 24.3 Å². The summed E-state index contributed by atoms with van der Waals surface area (Å²) in [4.78, 5) is 18.0. The molecule has 108 valence electrons. The average molecular weight is 286 g/mol. The fourth-order valence-electron chi connectivity index (χ4n) is 2.08. The van der Waals surface area contributed by atoms with E-state index in [0.29, 0.717) is 18.0 Å². The topological polar surface area (TPSA) is 69.7 Å². The zero-order chi connectivity index (χ0) is 14.8. The molecule has 0 aliphatic carbocycles. The molecule has 0 aliphatic rings. The van der Waals surface area contributed by atoms with Crippen molar-refractivity contribution in [2.24, 2.45) is 0 Å². The summed E-state index contributed by atoms with van der Waals surface area (Å²) >= 11 is 0. The van der Waals surface area contributed by atoms with Crippen LogP contribution in [0.25, 0.3) is 11.0 Å². The maximum atomic E-state index is 13.2. The Hall–Kier alpha value is -2.70. The Morgan fingerprint density at radius 2 is 2.14 bits per heavy atom. The lowest BCUT2D eigenvalue weighted by Gasteiger charge is -2.15. The van der Waals surface area contributed by atoms with Gasteiger partial charge < -0.3 is 15.2 Å². The van der Waals surface area contributed by atoms with Gasteiger partial charge in [0, 0.05) is 20.3 Å². The molecule has 0 unspecified atom stereocenters. The maximum absolute atomic E-state index is 13.2. The molecule has 1 aromatic carbocycles. The van der Waals surface area contributed by atoms with Gasteiger partial charge in [-0.15, -0.1) is 0 Å². The molecule has 6 nitrogen and oxygen atoms in total. The molecule has 0 atom stereocenters. The van der Waals surface area contributed by atoms with E-state index in [2.05, 4.69) is 25.3 Å². The molecular weight excluding hydrogens is 271 g/mol. The quantitative estimate of drug-likeness (QED) is 0.769. The van der Waals surface area contributed by atoms with Crippen LogP contribution in [0.2, 0.25) is 0 Å². The first-order valence-corrected chi connectivity index (χ1v) is 6.52. The van der Waals surface area contributed by atoms with Crippen molar-refractivity contribution in [3.05, 3.63) is 42.1 Å². The number of nitrogens with one attached hydrogen (secondary N) is 2. The number of halogens is 1. The van der Waals surface area contributed by atoms with Crippen molar-refractivity contribution >= 4 is 22.8 Å². The van der Waals surface area contributed by atoms with E-state index in [1.807, 2.05) is 11.9 Å². The van der Waals surface area contributed by atoms with Gasteiger partial charge in [0.1, 0.15) is 17.5 Å². The van der Waals surface area contributed by atoms with Gasteiger partial charge in [-0.2, -0.15) is 4.98 Å². The summed E-state index contributed by atoms with van der Waals surface area (Å²) < 4.78 is 13.2. The van der Waals surface area contributed by atoms with Gasteiger partial charge in [0.15, 0.2) is 0 Å². The largest absolute Gasteiger partial charge is 0.373 e. The number of fused-ring (bicyclic) bond motifs is 1. The standard InChI is InChI=1S/C14H15FN6/c1-16-12-5-6-17-14(20-12)21(2)8-13-18-10-4-3-9(15)7-11(10)19-13/h3-7H,8H2,1-2H3,(H,18,19)(H,16,17,20). The first-order valence-electron chi connectivity index (χ1n) is 6.52. The van der Waals surface area contributed by atoms with Crippen LogP contribution in [0, 0.1) is 5.82 Å². The van der Waals surface area contributed by atoms with E-state index >= 15 is 0 Å². The predicted molar refractivity (Wildman–Crippen MR) is 79.7 cm³/mol. The van der Waals surface area contributed by atoms with E-state index < -0.39 is 0 Å². The zero-order valence-electron chi connectivity index (χ0n) is 11.8. The molecule has 0 amide bonds. The Morgan fingerprint density at radius 1 is 1.29 bits per heavy atom. The van der Waals surface area contributed by atoms with Crippen molar-refractivity contribution < 1.29 is 4.39 Å². The van der Waals surface area contributed by atoms with E-state index in [1.54, 1.807) is 25.4 Å². The fraction of sp³-hybridized carbons (Fsp3) is 0.214. The highest BCUT2D eigenvalue weighted by molar-refractivity contribution is 5.75. The predicted octanol–water partition coefficient (Wildman–Crippen LogP) is 2.17. The molecule has 2 aromatic heterocycles. The third kappa shape index (κ3) is 2.76. The van der Waals surface area contributed by atoms with Crippen molar-refractivity contribution in [2.45, 2.75) is 6.54 Å². The summed E-state index contributed by atoms with van der Waals surface area (Å²) in [6.45, 7) is 0.503. The van der Waals surface area contributed by atoms with Gasteiger partial charge >= 0.3 is 0 Å². The Morgan fingerprint density at radius 3 is 2.95 bits per heavy atom. The van der Waals surface area contributed by atoms with E-state index in [9.17, 15) is 4.39 Å². The Balaban J connectivity index is 1.83. The van der Waals surface area contributed by atoms with Crippen molar-refractivity contribution in [1.82, 2.24) is 19.9 Å². The summed E-state index contributed by atoms with van der Waals surface area (Å²) in [5.74, 6) is 1.79. The van der Waals surface area contributed by atoms with Gasteiger partial charge in [-0.25, -0.2) is 14.4 Å². The number of benzene rings is 1. The minimum atomic E-state index is -0.281. The molecule has 0 spiro atoms. The SMILES string of the molecule is CNc1ccnc(N(C)Cc2nc3ccc(F)cc3[nH]2)n1. The Kier molecular flexibility index (Phi) is 3.39. The number of nitrogens with zero attached hydrogens (tertiary/aromatic N) is 4. The van der Waals surface area contributed by atoms with Crippen LogP contribution >= 0.6 is 0 Å². The number of aromatic nitrogens is 4. The van der Waals surface area contributed by atoms with E-state index in [-0.39, 0.29) is 5.82 Å². The normalized spacial score (nSPS) is 10.8. The lowest BCUT2D eigenvalue weighted by Crippen LogP contribution is -2.20. The highest BCUT2D eigenvalue weighted by Crippen LogP contribution is 2.15. The van der Waals surface area contributed by atoms with Crippen molar-refractivity contribution in [3.8, 4) is 0 Å². The molecule has 3 aromatic rings.